The Balaban J connectivity index is 1.47. The molecule has 1 aliphatic heterocycles. The number of benzene rings is 3. The Kier molecular flexibility index (Phi) is 7.60. The average molecular weight is 539 g/mol. The van der Waals surface area contributed by atoms with Gasteiger partial charge in [-0.15, -0.1) is 0 Å². The third kappa shape index (κ3) is 5.57. The molecule has 0 aliphatic carbocycles. The van der Waals surface area contributed by atoms with Gasteiger partial charge >= 0.3 is 6.09 Å². The van der Waals surface area contributed by atoms with E-state index >= 15 is 0 Å². The molecule has 0 radical (unpaired) electrons. The van der Waals surface area contributed by atoms with E-state index < -0.39 is 18.2 Å². The minimum atomic E-state index is -0.498. The van der Waals surface area contributed by atoms with E-state index in [9.17, 15) is 9.90 Å². The number of aliphatic hydroxyl groups excluding tert-OH is 1. The number of halogens is 2. The number of hydrogen-bond acceptors (Lipinski definition) is 4. The van der Waals surface area contributed by atoms with Gasteiger partial charge in [0.15, 0.2) is 0 Å². The van der Waals surface area contributed by atoms with E-state index in [1.165, 1.54) is 0 Å². The van der Waals surface area contributed by atoms with E-state index in [0.717, 1.165) is 34.1 Å². The number of fused-ring (bicyclic) bond motifs is 3. The molecule has 1 amide bonds. The Morgan fingerprint density at radius 3 is 2.49 bits per heavy atom. The molecule has 5 rings (SSSR count). The maximum Gasteiger partial charge on any atom is 0.416 e. The summed E-state index contributed by atoms with van der Waals surface area (Å²) < 4.78 is 11.5. The first-order chi connectivity index (χ1) is 17.9. The predicted molar refractivity (Wildman–Crippen MR) is 146 cm³/mol. The highest BCUT2D eigenvalue weighted by Gasteiger charge is 2.35. The number of amides is 1. The summed E-state index contributed by atoms with van der Waals surface area (Å²) in [6.45, 7) is 2.74. The van der Waals surface area contributed by atoms with Crippen molar-refractivity contribution in [2.45, 2.75) is 38.3 Å². The number of aromatic amines is 1. The van der Waals surface area contributed by atoms with Crippen LogP contribution in [0.5, 0.6) is 11.5 Å². The number of ether oxygens (including phenoxy) is 2. The van der Waals surface area contributed by atoms with Crippen LogP contribution in [-0.4, -0.2) is 40.3 Å². The summed E-state index contributed by atoms with van der Waals surface area (Å²) >= 11 is 12.3. The number of carbonyl (C=O) groups is 1. The minimum absolute atomic E-state index is 0.239. The fraction of sp³-hybridized carbons (Fsp3) is 0.276. The summed E-state index contributed by atoms with van der Waals surface area (Å²) in [6.07, 6.45) is 1.31. The average Bonchev–Trinajstić information content (AvgIpc) is 3.26. The first kappa shape index (κ1) is 25.5. The first-order valence-corrected chi connectivity index (χ1v) is 13.1. The molecule has 0 spiro atoms. The van der Waals surface area contributed by atoms with Crippen LogP contribution in [0.1, 0.15) is 42.6 Å². The lowest BCUT2D eigenvalue weighted by Crippen LogP contribution is -2.42. The van der Waals surface area contributed by atoms with Gasteiger partial charge in [-0.3, -0.25) is 4.90 Å². The summed E-state index contributed by atoms with van der Waals surface area (Å²) in [7, 11) is 0. The topological polar surface area (TPSA) is 74.8 Å². The van der Waals surface area contributed by atoms with Crippen LogP contribution in [0.2, 0.25) is 10.0 Å². The highest BCUT2D eigenvalue weighted by atomic mass is 35.5. The van der Waals surface area contributed by atoms with Gasteiger partial charge < -0.3 is 19.6 Å². The van der Waals surface area contributed by atoms with E-state index in [0.29, 0.717) is 40.9 Å². The SMILES string of the molecule is CCCC(O)COc1ccc(C2c3[nH]c4ccc(Cl)cc4c3CCN2C(=O)Oc2ccc(Cl)cc2)cc1. The van der Waals surface area contributed by atoms with Crippen molar-refractivity contribution in [3.8, 4) is 11.5 Å². The van der Waals surface area contributed by atoms with Gasteiger partial charge in [-0.1, -0.05) is 48.7 Å². The van der Waals surface area contributed by atoms with Crippen molar-refractivity contribution in [2.75, 3.05) is 13.2 Å². The van der Waals surface area contributed by atoms with Crippen molar-refractivity contribution in [1.82, 2.24) is 9.88 Å². The summed E-state index contributed by atoms with van der Waals surface area (Å²) in [6, 6.07) is 19.7. The quantitative estimate of drug-likeness (QED) is 0.261. The molecule has 6 nitrogen and oxygen atoms in total. The largest absolute Gasteiger partial charge is 0.491 e. The predicted octanol–water partition coefficient (Wildman–Crippen LogP) is 7.16. The van der Waals surface area contributed by atoms with Crippen molar-refractivity contribution in [1.29, 1.82) is 0 Å². The zero-order chi connectivity index (χ0) is 25.9. The second kappa shape index (κ2) is 11.1. The van der Waals surface area contributed by atoms with Gasteiger partial charge in [0, 0.05) is 33.2 Å². The second-order valence-electron chi connectivity index (χ2n) is 9.20. The fourth-order valence-corrected chi connectivity index (χ4v) is 5.12. The number of H-pyrrole nitrogens is 1. The molecular weight excluding hydrogens is 511 g/mol. The van der Waals surface area contributed by atoms with Crippen LogP contribution < -0.4 is 9.47 Å². The van der Waals surface area contributed by atoms with E-state index in [1.54, 1.807) is 29.2 Å². The van der Waals surface area contributed by atoms with Crippen LogP contribution in [0, 0.1) is 0 Å². The summed E-state index contributed by atoms with van der Waals surface area (Å²) in [5.41, 5.74) is 3.95. The number of rotatable bonds is 7. The summed E-state index contributed by atoms with van der Waals surface area (Å²) in [5.74, 6) is 1.09. The number of aliphatic hydroxyl groups is 1. The van der Waals surface area contributed by atoms with Crippen molar-refractivity contribution in [3.05, 3.63) is 93.6 Å². The number of carbonyl (C=O) groups excluding carboxylic acids is 1. The maximum atomic E-state index is 13.4. The zero-order valence-electron chi connectivity index (χ0n) is 20.4. The third-order valence-electron chi connectivity index (χ3n) is 6.60. The van der Waals surface area contributed by atoms with Gasteiger partial charge in [0.1, 0.15) is 24.1 Å². The van der Waals surface area contributed by atoms with Crippen molar-refractivity contribution >= 4 is 40.2 Å². The molecule has 0 fully saturated rings. The van der Waals surface area contributed by atoms with Crippen LogP contribution in [0.25, 0.3) is 10.9 Å². The van der Waals surface area contributed by atoms with Gasteiger partial charge in [-0.2, -0.15) is 0 Å². The van der Waals surface area contributed by atoms with E-state index in [2.05, 4.69) is 4.98 Å². The number of hydrogen-bond donors (Lipinski definition) is 2. The molecule has 0 saturated carbocycles. The van der Waals surface area contributed by atoms with Crippen LogP contribution in [-0.2, 0) is 6.42 Å². The number of aromatic nitrogens is 1. The highest BCUT2D eigenvalue weighted by molar-refractivity contribution is 6.31. The Bertz CT molecular complexity index is 1390. The summed E-state index contributed by atoms with van der Waals surface area (Å²) in [5, 5.41) is 12.3. The molecule has 37 heavy (non-hydrogen) atoms. The lowest BCUT2D eigenvalue weighted by atomic mass is 9.92. The molecule has 2 atom stereocenters. The van der Waals surface area contributed by atoms with Crippen LogP contribution in [0.3, 0.4) is 0 Å². The number of nitrogens with zero attached hydrogens (tertiary/aromatic N) is 1. The highest BCUT2D eigenvalue weighted by Crippen LogP contribution is 2.40. The van der Waals surface area contributed by atoms with Gasteiger partial charge in [0.2, 0.25) is 0 Å². The molecule has 192 valence electrons. The Morgan fingerprint density at radius 2 is 1.76 bits per heavy atom. The molecule has 2 unspecified atom stereocenters. The molecule has 0 bridgehead atoms. The lowest BCUT2D eigenvalue weighted by Gasteiger charge is -2.35. The van der Waals surface area contributed by atoms with Crippen LogP contribution in [0.15, 0.2) is 66.7 Å². The van der Waals surface area contributed by atoms with Crippen molar-refractivity contribution in [2.24, 2.45) is 0 Å². The van der Waals surface area contributed by atoms with E-state index in [-0.39, 0.29) is 6.61 Å². The summed E-state index contributed by atoms with van der Waals surface area (Å²) in [4.78, 5) is 18.7. The molecular formula is C29H28Cl2N2O4. The molecule has 1 aromatic heterocycles. The molecule has 8 heteroatoms. The molecule has 4 aromatic rings. The lowest BCUT2D eigenvalue weighted by molar-refractivity contribution is 0.0993. The third-order valence-corrected chi connectivity index (χ3v) is 7.09. The monoisotopic (exact) mass is 538 g/mol. The van der Waals surface area contributed by atoms with Gasteiger partial charge in [0.05, 0.1) is 6.10 Å². The van der Waals surface area contributed by atoms with E-state index in [4.69, 9.17) is 32.7 Å². The van der Waals surface area contributed by atoms with Crippen molar-refractivity contribution < 1.29 is 19.4 Å². The molecule has 3 aromatic carbocycles. The number of nitrogens with one attached hydrogen (secondary N) is 1. The zero-order valence-corrected chi connectivity index (χ0v) is 21.9. The maximum absolute atomic E-state index is 13.4. The van der Waals surface area contributed by atoms with Crippen molar-refractivity contribution in [3.63, 3.8) is 0 Å². The smallest absolute Gasteiger partial charge is 0.416 e. The normalized spacial score (nSPS) is 15.9. The molecule has 0 saturated heterocycles. The molecule has 2 heterocycles. The Hall–Kier alpha value is -3.19. The first-order valence-electron chi connectivity index (χ1n) is 12.4. The van der Waals surface area contributed by atoms with Gasteiger partial charge in [-0.05, 0) is 78.6 Å². The van der Waals surface area contributed by atoms with Crippen LogP contribution >= 0.6 is 23.2 Å². The molecule has 1 aliphatic rings. The standard InChI is InChI=1S/C29H28Cl2N2O4/c1-2-3-21(34)17-36-22-9-4-18(5-10-22)28-27-24(25-16-20(31)8-13-26(25)32-27)14-15-33(28)29(35)37-23-11-6-19(30)7-12-23/h4-13,16,21,28,32,34H,2-3,14-15,17H2,1H3. The fourth-order valence-electron chi connectivity index (χ4n) is 4.82. The Morgan fingerprint density at radius 1 is 1.05 bits per heavy atom. The van der Waals surface area contributed by atoms with E-state index in [1.807, 2.05) is 49.4 Å². The van der Waals surface area contributed by atoms with Crippen LogP contribution in [0.4, 0.5) is 4.79 Å². The minimum Gasteiger partial charge on any atom is -0.491 e. The van der Waals surface area contributed by atoms with Gasteiger partial charge in [-0.25, -0.2) is 4.79 Å². The van der Waals surface area contributed by atoms with Gasteiger partial charge in [0.25, 0.3) is 0 Å². The Labute approximate surface area is 225 Å². The molecule has 2 N–H and O–H groups in total. The second-order valence-corrected chi connectivity index (χ2v) is 10.1.